The summed E-state index contributed by atoms with van der Waals surface area (Å²) in [6.07, 6.45) is -0.407. The molecule has 3 rings (SSSR count). The maximum Gasteiger partial charge on any atom is 0.433 e. The number of carboxylic acid groups (broad SMARTS) is 1. The lowest BCUT2D eigenvalue weighted by atomic mass is 10.1. The summed E-state index contributed by atoms with van der Waals surface area (Å²) in [7, 11) is 0. The number of benzene rings is 1. The highest BCUT2D eigenvalue weighted by Crippen LogP contribution is 2.29. The summed E-state index contributed by atoms with van der Waals surface area (Å²) in [6.45, 7) is 3.33. The van der Waals surface area contributed by atoms with Gasteiger partial charge in [0.25, 0.3) is 0 Å². The number of alkyl halides is 3. The first-order chi connectivity index (χ1) is 13.1. The Morgan fingerprint density at radius 1 is 1.25 bits per heavy atom. The van der Waals surface area contributed by atoms with Gasteiger partial charge in [0.2, 0.25) is 5.95 Å². The third kappa shape index (κ3) is 4.27. The number of aryl methyl sites for hydroxylation is 1. The molecule has 0 spiro atoms. The number of hydrogen-bond acceptors (Lipinski definition) is 5. The van der Waals surface area contributed by atoms with Crippen LogP contribution in [0.2, 0.25) is 0 Å². The molecule has 28 heavy (non-hydrogen) atoms. The van der Waals surface area contributed by atoms with Crippen molar-refractivity contribution in [2.45, 2.75) is 26.1 Å². The molecule has 146 valence electrons. The number of nitrogens with one attached hydrogen (secondary N) is 1. The quantitative estimate of drug-likeness (QED) is 0.681. The van der Waals surface area contributed by atoms with Gasteiger partial charge in [0.05, 0.1) is 6.20 Å². The standard InChI is InChI=1S/C18H16F3N5O2/c1-10-5-12(13-8-23-26(9-13)11(2)16(27)28)7-14(6-10)24-17-22-4-3-15(25-17)18(19,20)21/h3-9,11H,1-2H3,(H,27,28)(H,22,24,25). The van der Waals surface area contributed by atoms with E-state index in [0.29, 0.717) is 11.3 Å². The molecule has 0 saturated carbocycles. The number of aromatic nitrogens is 4. The summed E-state index contributed by atoms with van der Waals surface area (Å²) in [5.74, 6) is -1.19. The first-order valence-electron chi connectivity index (χ1n) is 8.20. The van der Waals surface area contributed by atoms with Crippen LogP contribution in [-0.2, 0) is 11.0 Å². The third-order valence-corrected chi connectivity index (χ3v) is 3.97. The second-order valence-corrected chi connectivity index (χ2v) is 6.20. The molecular formula is C18H16F3N5O2. The van der Waals surface area contributed by atoms with E-state index in [-0.39, 0.29) is 5.95 Å². The summed E-state index contributed by atoms with van der Waals surface area (Å²) in [5, 5.41) is 15.9. The summed E-state index contributed by atoms with van der Waals surface area (Å²) in [4.78, 5) is 18.4. The number of aliphatic carboxylic acids is 1. The fourth-order valence-electron chi connectivity index (χ4n) is 2.54. The normalized spacial score (nSPS) is 12.6. The number of carbonyl (C=O) groups is 1. The zero-order chi connectivity index (χ0) is 20.5. The molecule has 0 saturated heterocycles. The molecule has 0 aliphatic carbocycles. The van der Waals surface area contributed by atoms with Gasteiger partial charge in [-0.3, -0.25) is 4.68 Å². The van der Waals surface area contributed by atoms with Gasteiger partial charge in [-0.1, -0.05) is 6.07 Å². The highest BCUT2D eigenvalue weighted by molar-refractivity contribution is 5.73. The molecular weight excluding hydrogens is 375 g/mol. The Hall–Kier alpha value is -3.43. The van der Waals surface area contributed by atoms with Gasteiger partial charge < -0.3 is 10.4 Å². The Morgan fingerprint density at radius 3 is 2.68 bits per heavy atom. The van der Waals surface area contributed by atoms with Crippen LogP contribution in [-0.4, -0.2) is 30.8 Å². The van der Waals surface area contributed by atoms with E-state index in [1.54, 1.807) is 18.3 Å². The van der Waals surface area contributed by atoms with Crippen molar-refractivity contribution < 1.29 is 23.1 Å². The van der Waals surface area contributed by atoms with Crippen LogP contribution in [0.15, 0.2) is 42.9 Å². The molecule has 2 aromatic heterocycles. The predicted molar refractivity (Wildman–Crippen MR) is 95.1 cm³/mol. The van der Waals surface area contributed by atoms with Crippen LogP contribution in [0.3, 0.4) is 0 Å². The minimum absolute atomic E-state index is 0.179. The van der Waals surface area contributed by atoms with Gasteiger partial charge in [-0.05, 0) is 43.2 Å². The van der Waals surface area contributed by atoms with E-state index in [2.05, 4.69) is 20.4 Å². The van der Waals surface area contributed by atoms with Crippen LogP contribution in [0.4, 0.5) is 24.8 Å². The number of carboxylic acids is 1. The summed E-state index contributed by atoms with van der Waals surface area (Å²) < 4.78 is 39.8. The van der Waals surface area contributed by atoms with E-state index in [1.165, 1.54) is 17.8 Å². The topological polar surface area (TPSA) is 92.9 Å². The molecule has 1 atom stereocenters. The first kappa shape index (κ1) is 19.3. The second-order valence-electron chi connectivity index (χ2n) is 6.20. The number of nitrogens with zero attached hydrogens (tertiary/aromatic N) is 4. The highest BCUT2D eigenvalue weighted by Gasteiger charge is 2.32. The lowest BCUT2D eigenvalue weighted by molar-refractivity contribution is -0.141. The molecule has 0 aliphatic rings. The number of rotatable bonds is 5. The average molecular weight is 391 g/mol. The van der Waals surface area contributed by atoms with E-state index in [1.807, 2.05) is 13.0 Å². The number of hydrogen-bond donors (Lipinski definition) is 2. The molecule has 0 radical (unpaired) electrons. The molecule has 0 bridgehead atoms. The Kier molecular flexibility index (Phi) is 5.04. The molecule has 0 fully saturated rings. The van der Waals surface area contributed by atoms with Crippen LogP contribution in [0.1, 0.15) is 24.2 Å². The largest absolute Gasteiger partial charge is 0.480 e. The van der Waals surface area contributed by atoms with Crippen molar-refractivity contribution in [2.24, 2.45) is 0 Å². The molecule has 0 aliphatic heterocycles. The molecule has 1 aromatic carbocycles. The predicted octanol–water partition coefficient (Wildman–Crippen LogP) is 4.06. The maximum atomic E-state index is 12.8. The maximum absolute atomic E-state index is 12.8. The molecule has 2 heterocycles. The van der Waals surface area contributed by atoms with Gasteiger partial charge in [-0.15, -0.1) is 0 Å². The molecule has 0 amide bonds. The van der Waals surface area contributed by atoms with E-state index >= 15 is 0 Å². The van der Waals surface area contributed by atoms with Crippen LogP contribution in [0.5, 0.6) is 0 Å². The smallest absolute Gasteiger partial charge is 0.433 e. The lowest BCUT2D eigenvalue weighted by Crippen LogP contribution is -2.15. The zero-order valence-corrected chi connectivity index (χ0v) is 14.9. The summed E-state index contributed by atoms with van der Waals surface area (Å²) >= 11 is 0. The van der Waals surface area contributed by atoms with Crippen LogP contribution in [0.25, 0.3) is 11.1 Å². The lowest BCUT2D eigenvalue weighted by Gasteiger charge is -2.10. The van der Waals surface area contributed by atoms with Crippen LogP contribution in [0, 0.1) is 6.92 Å². The fourth-order valence-corrected chi connectivity index (χ4v) is 2.54. The summed E-state index contributed by atoms with van der Waals surface area (Å²) in [5.41, 5.74) is 1.68. The van der Waals surface area contributed by atoms with E-state index < -0.39 is 23.9 Å². The van der Waals surface area contributed by atoms with Crippen molar-refractivity contribution in [3.8, 4) is 11.1 Å². The van der Waals surface area contributed by atoms with Crippen molar-refractivity contribution in [1.29, 1.82) is 0 Å². The number of halogens is 3. The van der Waals surface area contributed by atoms with Gasteiger partial charge in [0.15, 0.2) is 0 Å². The van der Waals surface area contributed by atoms with Crippen molar-refractivity contribution >= 4 is 17.6 Å². The Morgan fingerprint density at radius 2 is 2.00 bits per heavy atom. The van der Waals surface area contributed by atoms with Crippen molar-refractivity contribution in [2.75, 3.05) is 5.32 Å². The van der Waals surface area contributed by atoms with Crippen molar-refractivity contribution in [3.63, 3.8) is 0 Å². The molecule has 7 nitrogen and oxygen atoms in total. The molecule has 1 unspecified atom stereocenters. The molecule has 10 heteroatoms. The van der Waals surface area contributed by atoms with Gasteiger partial charge in [0.1, 0.15) is 11.7 Å². The van der Waals surface area contributed by atoms with Crippen LogP contribution >= 0.6 is 0 Å². The Balaban J connectivity index is 1.90. The highest BCUT2D eigenvalue weighted by atomic mass is 19.4. The minimum Gasteiger partial charge on any atom is -0.480 e. The van der Waals surface area contributed by atoms with Crippen molar-refractivity contribution in [3.05, 3.63) is 54.1 Å². The Labute approximate surface area is 157 Å². The van der Waals surface area contributed by atoms with Gasteiger partial charge in [-0.2, -0.15) is 18.3 Å². The monoisotopic (exact) mass is 391 g/mol. The summed E-state index contributed by atoms with van der Waals surface area (Å²) in [6, 6.07) is 5.26. The average Bonchev–Trinajstić information content (AvgIpc) is 3.10. The van der Waals surface area contributed by atoms with Crippen molar-refractivity contribution in [1.82, 2.24) is 19.7 Å². The van der Waals surface area contributed by atoms with E-state index in [9.17, 15) is 18.0 Å². The molecule has 2 N–H and O–H groups in total. The van der Waals surface area contributed by atoms with E-state index in [0.717, 1.165) is 23.4 Å². The van der Waals surface area contributed by atoms with Gasteiger partial charge >= 0.3 is 12.1 Å². The minimum atomic E-state index is -4.56. The van der Waals surface area contributed by atoms with Crippen LogP contribution < -0.4 is 5.32 Å². The number of anilines is 2. The fraction of sp³-hybridized carbons (Fsp3) is 0.222. The molecule has 3 aromatic rings. The zero-order valence-electron chi connectivity index (χ0n) is 14.9. The first-order valence-corrected chi connectivity index (χ1v) is 8.20. The van der Waals surface area contributed by atoms with Gasteiger partial charge in [-0.25, -0.2) is 14.8 Å². The van der Waals surface area contributed by atoms with E-state index in [4.69, 9.17) is 5.11 Å². The van der Waals surface area contributed by atoms with Gasteiger partial charge in [0, 0.05) is 23.6 Å². The third-order valence-electron chi connectivity index (χ3n) is 3.97. The SMILES string of the molecule is Cc1cc(Nc2nccc(C(F)(F)F)n2)cc(-c2cnn(C(C)C(=O)O)c2)c1. The second kappa shape index (κ2) is 7.29. The Bertz CT molecular complexity index is 1020.